The standard InChI is InChI=1S/C19H17Cl3FN3OS/c1-11-5-7-12(8-6-11)17(27)25-16(19(20,21)22)15-10-24-18(28)26(15)14-4-2-3-13(23)9-14/h2-9,15-16H,10H2,1H3,(H,24,28)(H,25,27). The van der Waals surface area contributed by atoms with Crippen molar-refractivity contribution in [3.8, 4) is 0 Å². The number of halogens is 4. The molecule has 0 aliphatic carbocycles. The molecule has 1 aliphatic rings. The third-order valence-corrected chi connectivity index (χ3v) is 5.48. The van der Waals surface area contributed by atoms with Crippen LogP contribution in [0, 0.1) is 12.7 Å². The van der Waals surface area contributed by atoms with Gasteiger partial charge >= 0.3 is 0 Å². The Bertz CT molecular complexity index is 889. The highest BCUT2D eigenvalue weighted by molar-refractivity contribution is 7.80. The number of alkyl halides is 3. The fourth-order valence-corrected chi connectivity index (χ4v) is 3.97. The number of hydrogen-bond donors (Lipinski definition) is 2. The maximum atomic E-state index is 13.7. The van der Waals surface area contributed by atoms with Gasteiger partial charge in [-0.25, -0.2) is 4.39 Å². The first-order valence-electron chi connectivity index (χ1n) is 8.43. The van der Waals surface area contributed by atoms with Crippen molar-refractivity contribution < 1.29 is 9.18 Å². The fourth-order valence-electron chi connectivity index (χ4n) is 3.05. The Balaban J connectivity index is 1.91. The van der Waals surface area contributed by atoms with Crippen LogP contribution in [0.2, 0.25) is 0 Å². The van der Waals surface area contributed by atoms with Crippen LogP contribution in [-0.4, -0.2) is 33.4 Å². The van der Waals surface area contributed by atoms with E-state index >= 15 is 0 Å². The molecule has 0 saturated carbocycles. The Hall–Kier alpha value is -1.60. The molecule has 2 atom stereocenters. The van der Waals surface area contributed by atoms with Crippen molar-refractivity contribution in [3.05, 3.63) is 65.5 Å². The van der Waals surface area contributed by atoms with Crippen molar-refractivity contribution in [2.45, 2.75) is 22.8 Å². The molecule has 0 bridgehead atoms. The van der Waals surface area contributed by atoms with E-state index in [0.717, 1.165) is 5.56 Å². The molecular weight excluding hydrogens is 444 g/mol. The molecular formula is C19H17Cl3FN3OS. The van der Waals surface area contributed by atoms with E-state index in [2.05, 4.69) is 10.6 Å². The predicted molar refractivity (Wildman–Crippen MR) is 116 cm³/mol. The number of anilines is 1. The second-order valence-electron chi connectivity index (χ2n) is 6.46. The van der Waals surface area contributed by atoms with Gasteiger partial charge in [0.15, 0.2) is 5.11 Å². The van der Waals surface area contributed by atoms with Gasteiger partial charge in [0.25, 0.3) is 5.91 Å². The van der Waals surface area contributed by atoms with Crippen molar-refractivity contribution in [1.82, 2.24) is 10.6 Å². The lowest BCUT2D eigenvalue weighted by Crippen LogP contribution is -2.57. The first-order valence-corrected chi connectivity index (χ1v) is 9.98. The van der Waals surface area contributed by atoms with Crippen molar-refractivity contribution >= 4 is 63.7 Å². The van der Waals surface area contributed by atoms with Gasteiger partial charge in [-0.15, -0.1) is 0 Å². The monoisotopic (exact) mass is 459 g/mol. The SMILES string of the molecule is Cc1ccc(C(=O)NC(C2CNC(=S)N2c2cccc(F)c2)C(Cl)(Cl)Cl)cc1. The minimum Gasteiger partial charge on any atom is -0.360 e. The van der Waals surface area contributed by atoms with Crippen LogP contribution in [0.4, 0.5) is 10.1 Å². The van der Waals surface area contributed by atoms with Crippen molar-refractivity contribution in [1.29, 1.82) is 0 Å². The summed E-state index contributed by atoms with van der Waals surface area (Å²) in [6, 6.07) is 11.5. The first kappa shape index (κ1) is 21.1. The molecule has 1 heterocycles. The minimum absolute atomic E-state index is 0.322. The molecule has 2 aromatic rings. The van der Waals surface area contributed by atoms with Gasteiger partial charge in [0.05, 0.1) is 12.1 Å². The van der Waals surface area contributed by atoms with Crippen LogP contribution in [0.1, 0.15) is 15.9 Å². The summed E-state index contributed by atoms with van der Waals surface area (Å²) in [5.41, 5.74) is 1.97. The molecule has 28 heavy (non-hydrogen) atoms. The number of carbonyl (C=O) groups excluding carboxylic acids is 1. The third-order valence-electron chi connectivity index (χ3n) is 4.44. The number of benzene rings is 2. The van der Waals surface area contributed by atoms with E-state index in [4.69, 9.17) is 47.0 Å². The van der Waals surface area contributed by atoms with Crippen LogP contribution in [0.15, 0.2) is 48.5 Å². The summed E-state index contributed by atoms with van der Waals surface area (Å²) in [4.78, 5) is 14.4. The predicted octanol–water partition coefficient (Wildman–Crippen LogP) is 4.37. The quantitative estimate of drug-likeness (QED) is 0.525. The molecule has 1 fully saturated rings. The highest BCUT2D eigenvalue weighted by Crippen LogP contribution is 2.36. The molecule has 148 valence electrons. The molecule has 0 radical (unpaired) electrons. The van der Waals surface area contributed by atoms with E-state index in [1.165, 1.54) is 12.1 Å². The number of thiocarbonyl (C=S) groups is 1. The van der Waals surface area contributed by atoms with Gasteiger partial charge in [0, 0.05) is 17.8 Å². The number of rotatable bonds is 4. The van der Waals surface area contributed by atoms with Gasteiger partial charge in [-0.05, 0) is 49.5 Å². The van der Waals surface area contributed by atoms with E-state index in [9.17, 15) is 9.18 Å². The molecule has 1 amide bonds. The summed E-state index contributed by atoms with van der Waals surface area (Å²) in [6.45, 7) is 2.25. The topological polar surface area (TPSA) is 44.4 Å². The Kier molecular flexibility index (Phi) is 6.34. The molecule has 3 rings (SSSR count). The summed E-state index contributed by atoms with van der Waals surface area (Å²) in [7, 11) is 0. The Morgan fingerprint density at radius 2 is 1.96 bits per heavy atom. The van der Waals surface area contributed by atoms with E-state index in [1.807, 2.05) is 19.1 Å². The van der Waals surface area contributed by atoms with Gasteiger partial charge < -0.3 is 15.5 Å². The number of nitrogens with zero attached hydrogens (tertiary/aromatic N) is 1. The minimum atomic E-state index is -1.82. The van der Waals surface area contributed by atoms with E-state index in [1.54, 1.807) is 29.2 Å². The number of nitrogens with one attached hydrogen (secondary N) is 2. The van der Waals surface area contributed by atoms with Crippen LogP contribution in [0.5, 0.6) is 0 Å². The van der Waals surface area contributed by atoms with Gasteiger partial charge in [-0.3, -0.25) is 4.79 Å². The van der Waals surface area contributed by atoms with E-state index in [-0.39, 0.29) is 5.91 Å². The molecule has 2 N–H and O–H groups in total. The van der Waals surface area contributed by atoms with Crippen molar-refractivity contribution in [3.63, 3.8) is 0 Å². The third kappa shape index (κ3) is 4.69. The number of amides is 1. The van der Waals surface area contributed by atoms with E-state index < -0.39 is 21.7 Å². The summed E-state index contributed by atoms with van der Waals surface area (Å²) in [5.74, 6) is -0.798. The Labute approximate surface area is 182 Å². The summed E-state index contributed by atoms with van der Waals surface area (Å²) in [5, 5.41) is 6.18. The van der Waals surface area contributed by atoms with E-state index in [0.29, 0.717) is 22.9 Å². The molecule has 2 unspecified atom stereocenters. The van der Waals surface area contributed by atoms with Crippen molar-refractivity contribution in [2.24, 2.45) is 0 Å². The summed E-state index contributed by atoms with van der Waals surface area (Å²) >= 11 is 24.0. The summed E-state index contributed by atoms with van der Waals surface area (Å²) in [6.07, 6.45) is 0. The van der Waals surface area contributed by atoms with Gasteiger partial charge in [0.2, 0.25) is 3.79 Å². The smallest absolute Gasteiger partial charge is 0.251 e. The average Bonchev–Trinajstić information content (AvgIpc) is 3.00. The molecule has 4 nitrogen and oxygen atoms in total. The highest BCUT2D eigenvalue weighted by atomic mass is 35.6. The van der Waals surface area contributed by atoms with Gasteiger partial charge in [-0.2, -0.15) is 0 Å². The normalized spacial score (nSPS) is 18.0. The van der Waals surface area contributed by atoms with Crippen LogP contribution in [0.3, 0.4) is 0 Å². The number of carbonyl (C=O) groups is 1. The van der Waals surface area contributed by atoms with Crippen molar-refractivity contribution in [2.75, 3.05) is 11.4 Å². The Morgan fingerprint density at radius 3 is 2.57 bits per heavy atom. The lowest BCUT2D eigenvalue weighted by atomic mass is 10.1. The van der Waals surface area contributed by atoms with Gasteiger partial charge in [0.1, 0.15) is 5.82 Å². The average molecular weight is 461 g/mol. The number of hydrogen-bond acceptors (Lipinski definition) is 2. The molecule has 1 saturated heterocycles. The largest absolute Gasteiger partial charge is 0.360 e. The molecule has 0 spiro atoms. The summed E-state index contributed by atoms with van der Waals surface area (Å²) < 4.78 is 11.9. The molecule has 2 aromatic carbocycles. The molecule has 9 heteroatoms. The van der Waals surface area contributed by atoms with Crippen LogP contribution in [-0.2, 0) is 0 Å². The van der Waals surface area contributed by atoms with Crippen LogP contribution >= 0.6 is 47.0 Å². The lowest BCUT2D eigenvalue weighted by molar-refractivity contribution is 0.0932. The first-order chi connectivity index (χ1) is 13.2. The molecule has 0 aromatic heterocycles. The second-order valence-corrected chi connectivity index (χ2v) is 9.22. The fraction of sp³-hybridized carbons (Fsp3) is 0.263. The Morgan fingerprint density at radius 1 is 1.29 bits per heavy atom. The zero-order valence-electron chi connectivity index (χ0n) is 14.8. The van der Waals surface area contributed by atoms with Crippen LogP contribution < -0.4 is 15.5 Å². The highest BCUT2D eigenvalue weighted by Gasteiger charge is 2.46. The maximum Gasteiger partial charge on any atom is 0.251 e. The lowest BCUT2D eigenvalue weighted by Gasteiger charge is -2.35. The maximum absolute atomic E-state index is 13.7. The molecule has 1 aliphatic heterocycles. The zero-order valence-corrected chi connectivity index (χ0v) is 17.8. The van der Waals surface area contributed by atoms with Gasteiger partial charge in [-0.1, -0.05) is 58.6 Å². The second kappa shape index (κ2) is 8.41. The zero-order chi connectivity index (χ0) is 20.5. The van der Waals surface area contributed by atoms with Crippen LogP contribution in [0.25, 0.3) is 0 Å². The number of aryl methyl sites for hydroxylation is 1.